The van der Waals surface area contributed by atoms with Gasteiger partial charge in [-0.3, -0.25) is 4.79 Å². The molecular formula is C20H23ClN2O4S. The third kappa shape index (κ3) is 4.84. The lowest BCUT2D eigenvalue weighted by atomic mass is 9.98. The molecule has 28 heavy (non-hydrogen) atoms. The summed E-state index contributed by atoms with van der Waals surface area (Å²) in [6.07, 6.45) is 1.27. The maximum Gasteiger partial charge on any atom is 0.228 e. The molecule has 8 heteroatoms. The van der Waals surface area contributed by atoms with Gasteiger partial charge >= 0.3 is 0 Å². The van der Waals surface area contributed by atoms with Crippen LogP contribution in [0.2, 0.25) is 5.02 Å². The van der Waals surface area contributed by atoms with Crippen LogP contribution in [0.5, 0.6) is 5.75 Å². The number of sulfonamides is 1. The van der Waals surface area contributed by atoms with E-state index in [4.69, 9.17) is 16.3 Å². The number of hydrogen-bond donors (Lipinski definition) is 1. The van der Waals surface area contributed by atoms with E-state index in [0.29, 0.717) is 41.4 Å². The molecule has 0 bridgehead atoms. The minimum atomic E-state index is -3.57. The average Bonchev–Trinajstić information content (AvgIpc) is 2.70. The molecule has 1 N–H and O–H groups in total. The summed E-state index contributed by atoms with van der Waals surface area (Å²) in [5, 5.41) is 3.28. The van der Waals surface area contributed by atoms with E-state index in [0.717, 1.165) is 0 Å². The fourth-order valence-corrected chi connectivity index (χ4v) is 5.22. The van der Waals surface area contributed by atoms with Crippen molar-refractivity contribution in [2.45, 2.75) is 18.6 Å². The Morgan fingerprint density at radius 2 is 1.93 bits per heavy atom. The van der Waals surface area contributed by atoms with Crippen LogP contribution in [0, 0.1) is 5.92 Å². The monoisotopic (exact) mass is 422 g/mol. The molecule has 150 valence electrons. The summed E-state index contributed by atoms with van der Waals surface area (Å²) < 4.78 is 32.3. The number of hydrogen-bond acceptors (Lipinski definition) is 4. The zero-order valence-electron chi connectivity index (χ0n) is 15.6. The Bertz CT molecular complexity index is 949. The highest BCUT2D eigenvalue weighted by Crippen LogP contribution is 2.27. The van der Waals surface area contributed by atoms with E-state index in [1.54, 1.807) is 42.5 Å². The van der Waals surface area contributed by atoms with Gasteiger partial charge in [0.05, 0.1) is 24.5 Å². The number of benzene rings is 2. The second kappa shape index (κ2) is 8.94. The zero-order chi connectivity index (χ0) is 20.1. The van der Waals surface area contributed by atoms with Gasteiger partial charge in [0.2, 0.25) is 15.9 Å². The highest BCUT2D eigenvalue weighted by atomic mass is 35.5. The summed E-state index contributed by atoms with van der Waals surface area (Å²) in [5.74, 6) is -0.232. The molecule has 2 aromatic rings. The van der Waals surface area contributed by atoms with Crippen molar-refractivity contribution in [2.24, 2.45) is 5.92 Å². The number of piperidine rings is 1. The second-order valence-corrected chi connectivity index (χ2v) is 9.11. The normalized spacial score (nSPS) is 17.9. The van der Waals surface area contributed by atoms with Crippen LogP contribution in [0.1, 0.15) is 18.4 Å². The molecule has 1 atom stereocenters. The van der Waals surface area contributed by atoms with Crippen molar-refractivity contribution in [3.63, 3.8) is 0 Å². The summed E-state index contributed by atoms with van der Waals surface area (Å²) in [7, 11) is -2.03. The van der Waals surface area contributed by atoms with Crippen molar-refractivity contribution in [3.8, 4) is 5.75 Å². The topological polar surface area (TPSA) is 75.7 Å². The number of carbonyl (C=O) groups is 1. The molecule has 2 aromatic carbocycles. The number of rotatable bonds is 6. The van der Waals surface area contributed by atoms with E-state index in [1.807, 2.05) is 6.07 Å². The Kier molecular flexibility index (Phi) is 6.59. The van der Waals surface area contributed by atoms with Gasteiger partial charge in [0, 0.05) is 18.1 Å². The molecule has 0 spiro atoms. The minimum Gasteiger partial charge on any atom is -0.495 e. The predicted molar refractivity (Wildman–Crippen MR) is 110 cm³/mol. The van der Waals surface area contributed by atoms with E-state index >= 15 is 0 Å². The van der Waals surface area contributed by atoms with Crippen molar-refractivity contribution < 1.29 is 17.9 Å². The second-order valence-electron chi connectivity index (χ2n) is 6.73. The van der Waals surface area contributed by atoms with Gasteiger partial charge in [0.25, 0.3) is 0 Å². The van der Waals surface area contributed by atoms with Crippen molar-refractivity contribution in [3.05, 3.63) is 59.1 Å². The first-order valence-corrected chi connectivity index (χ1v) is 11.0. The van der Waals surface area contributed by atoms with E-state index in [-0.39, 0.29) is 18.2 Å². The van der Waals surface area contributed by atoms with Crippen molar-refractivity contribution >= 4 is 33.2 Å². The van der Waals surface area contributed by atoms with Crippen molar-refractivity contribution in [2.75, 3.05) is 25.5 Å². The first-order valence-electron chi connectivity index (χ1n) is 9.06. The smallest absolute Gasteiger partial charge is 0.228 e. The molecule has 1 aliphatic heterocycles. The van der Waals surface area contributed by atoms with Crippen LogP contribution in [-0.2, 0) is 20.6 Å². The van der Waals surface area contributed by atoms with Crippen LogP contribution in [0.3, 0.4) is 0 Å². The van der Waals surface area contributed by atoms with Crippen LogP contribution in [-0.4, -0.2) is 38.8 Å². The molecule has 0 unspecified atom stereocenters. The number of methoxy groups -OCH3 is 1. The fourth-order valence-electron chi connectivity index (χ4n) is 3.30. The Labute approximate surface area is 170 Å². The first-order chi connectivity index (χ1) is 13.4. The SMILES string of the molecule is COc1ccccc1NC(=O)[C@@H]1CCCN(S(=O)(=O)Cc2ccccc2Cl)C1. The number of carbonyl (C=O) groups excluding carboxylic acids is 1. The van der Waals surface area contributed by atoms with Crippen molar-refractivity contribution in [1.82, 2.24) is 4.31 Å². The van der Waals surface area contributed by atoms with E-state index < -0.39 is 15.9 Å². The number of amides is 1. The zero-order valence-corrected chi connectivity index (χ0v) is 17.2. The molecule has 1 saturated heterocycles. The maximum absolute atomic E-state index is 12.8. The summed E-state index contributed by atoms with van der Waals surface area (Å²) in [6.45, 7) is 0.568. The third-order valence-corrected chi connectivity index (χ3v) is 6.97. The largest absolute Gasteiger partial charge is 0.495 e. The average molecular weight is 423 g/mol. The van der Waals surface area contributed by atoms with Crippen molar-refractivity contribution in [1.29, 1.82) is 0 Å². The van der Waals surface area contributed by atoms with Crippen LogP contribution >= 0.6 is 11.6 Å². The predicted octanol–water partition coefficient (Wildman–Crippen LogP) is 3.53. The molecule has 0 radical (unpaired) electrons. The lowest BCUT2D eigenvalue weighted by Crippen LogP contribution is -2.44. The summed E-state index contributed by atoms with van der Waals surface area (Å²) in [5.41, 5.74) is 1.14. The number of nitrogens with one attached hydrogen (secondary N) is 1. The fraction of sp³-hybridized carbons (Fsp3) is 0.350. The van der Waals surface area contributed by atoms with Gasteiger partial charge in [0.1, 0.15) is 5.75 Å². The van der Waals surface area contributed by atoms with Gasteiger partial charge in [-0.2, -0.15) is 0 Å². The Balaban J connectivity index is 1.69. The standard InChI is InChI=1S/C20H23ClN2O4S/c1-27-19-11-5-4-10-18(19)22-20(24)15-8-6-12-23(13-15)28(25,26)14-16-7-2-3-9-17(16)21/h2-5,7,9-11,15H,6,8,12-14H2,1H3,(H,22,24)/t15-/m1/s1. The summed E-state index contributed by atoms with van der Waals surface area (Å²) in [4.78, 5) is 12.7. The van der Waals surface area contributed by atoms with Crippen LogP contribution in [0.15, 0.2) is 48.5 Å². The molecule has 3 rings (SSSR count). The van der Waals surface area contributed by atoms with Gasteiger partial charge in [-0.05, 0) is 36.6 Å². The van der Waals surface area contributed by atoms with Gasteiger partial charge in [-0.1, -0.05) is 41.9 Å². The summed E-state index contributed by atoms with van der Waals surface area (Å²) >= 11 is 6.11. The Hall–Kier alpha value is -2.09. The molecule has 1 heterocycles. The van der Waals surface area contributed by atoms with E-state index in [2.05, 4.69) is 5.32 Å². The number of halogens is 1. The van der Waals surface area contributed by atoms with E-state index in [9.17, 15) is 13.2 Å². The molecule has 6 nitrogen and oxygen atoms in total. The molecule has 1 amide bonds. The van der Waals surface area contributed by atoms with Crippen LogP contribution < -0.4 is 10.1 Å². The van der Waals surface area contributed by atoms with Crippen LogP contribution in [0.4, 0.5) is 5.69 Å². The Morgan fingerprint density at radius 1 is 1.21 bits per heavy atom. The maximum atomic E-state index is 12.8. The number of nitrogens with zero attached hydrogens (tertiary/aromatic N) is 1. The Morgan fingerprint density at radius 3 is 2.68 bits per heavy atom. The lowest BCUT2D eigenvalue weighted by Gasteiger charge is -2.31. The molecule has 1 fully saturated rings. The molecular weight excluding hydrogens is 400 g/mol. The molecule has 0 aliphatic carbocycles. The van der Waals surface area contributed by atoms with Gasteiger partial charge in [0.15, 0.2) is 0 Å². The molecule has 1 aliphatic rings. The van der Waals surface area contributed by atoms with Gasteiger partial charge in [-0.15, -0.1) is 0 Å². The third-order valence-electron chi connectivity index (χ3n) is 4.81. The highest BCUT2D eigenvalue weighted by Gasteiger charge is 2.33. The number of para-hydroxylation sites is 2. The lowest BCUT2D eigenvalue weighted by molar-refractivity contribution is -0.120. The highest BCUT2D eigenvalue weighted by molar-refractivity contribution is 7.88. The quantitative estimate of drug-likeness (QED) is 0.772. The van der Waals surface area contributed by atoms with Crippen LogP contribution in [0.25, 0.3) is 0 Å². The van der Waals surface area contributed by atoms with Gasteiger partial charge in [-0.25, -0.2) is 12.7 Å². The molecule has 0 saturated carbocycles. The molecule has 0 aromatic heterocycles. The number of ether oxygens (including phenoxy) is 1. The van der Waals surface area contributed by atoms with E-state index in [1.165, 1.54) is 11.4 Å². The number of anilines is 1. The van der Waals surface area contributed by atoms with Gasteiger partial charge < -0.3 is 10.1 Å². The summed E-state index contributed by atoms with van der Waals surface area (Å²) in [6, 6.07) is 14.0. The minimum absolute atomic E-state index is 0.160. The first kappa shape index (κ1) is 20.6.